The first kappa shape index (κ1) is 13.2. The fourth-order valence-electron chi connectivity index (χ4n) is 2.22. The summed E-state index contributed by atoms with van der Waals surface area (Å²) in [5.41, 5.74) is 0. The Kier molecular flexibility index (Phi) is 4.44. The van der Waals surface area contributed by atoms with E-state index < -0.39 is 0 Å². The number of ether oxygens (including phenoxy) is 3. The van der Waals surface area contributed by atoms with Gasteiger partial charge in [0.1, 0.15) is 23.7 Å². The minimum atomic E-state index is 0.135. The van der Waals surface area contributed by atoms with E-state index in [9.17, 15) is 0 Å². The van der Waals surface area contributed by atoms with Crippen molar-refractivity contribution >= 4 is 0 Å². The number of methoxy groups -OCH3 is 1. The summed E-state index contributed by atoms with van der Waals surface area (Å²) in [4.78, 5) is 0. The van der Waals surface area contributed by atoms with Crippen molar-refractivity contribution in [2.24, 2.45) is 0 Å². The van der Waals surface area contributed by atoms with Gasteiger partial charge in [-0.3, -0.25) is 0 Å². The first-order chi connectivity index (χ1) is 8.78. The first-order valence-electron chi connectivity index (χ1n) is 6.38. The molecule has 1 aromatic rings. The van der Waals surface area contributed by atoms with Crippen molar-refractivity contribution in [3.8, 4) is 11.5 Å². The van der Waals surface area contributed by atoms with Gasteiger partial charge in [-0.05, 0) is 38.2 Å². The second kappa shape index (κ2) is 6.07. The van der Waals surface area contributed by atoms with Crippen molar-refractivity contribution in [3.63, 3.8) is 0 Å². The van der Waals surface area contributed by atoms with Gasteiger partial charge in [0, 0.05) is 19.1 Å². The third kappa shape index (κ3) is 2.76. The van der Waals surface area contributed by atoms with Crippen molar-refractivity contribution in [2.75, 3.05) is 20.8 Å². The molecular formula is C14H21NO3. The number of hydrogen-bond donors (Lipinski definition) is 1. The van der Waals surface area contributed by atoms with Gasteiger partial charge in [0.25, 0.3) is 0 Å². The van der Waals surface area contributed by atoms with Crippen LogP contribution in [0.15, 0.2) is 24.3 Å². The molecular weight excluding hydrogens is 230 g/mol. The van der Waals surface area contributed by atoms with Crippen LogP contribution in [0.25, 0.3) is 0 Å². The van der Waals surface area contributed by atoms with E-state index in [2.05, 4.69) is 5.32 Å². The van der Waals surface area contributed by atoms with E-state index in [4.69, 9.17) is 14.2 Å². The molecule has 4 heteroatoms. The topological polar surface area (TPSA) is 39.7 Å². The van der Waals surface area contributed by atoms with Crippen molar-refractivity contribution in [3.05, 3.63) is 24.3 Å². The van der Waals surface area contributed by atoms with Crippen molar-refractivity contribution in [1.29, 1.82) is 0 Å². The number of nitrogens with one attached hydrogen (secondary N) is 1. The molecule has 0 aromatic heterocycles. The van der Waals surface area contributed by atoms with Crippen LogP contribution in [-0.2, 0) is 4.74 Å². The van der Waals surface area contributed by atoms with Crippen LogP contribution in [0.3, 0.4) is 0 Å². The second-order valence-electron chi connectivity index (χ2n) is 4.38. The first-order valence-corrected chi connectivity index (χ1v) is 6.38. The van der Waals surface area contributed by atoms with Crippen LogP contribution in [0.4, 0.5) is 0 Å². The highest BCUT2D eigenvalue weighted by atomic mass is 16.5. The van der Waals surface area contributed by atoms with Gasteiger partial charge in [0.15, 0.2) is 0 Å². The molecule has 0 heterocycles. The molecule has 3 atom stereocenters. The summed E-state index contributed by atoms with van der Waals surface area (Å²) in [6, 6.07) is 8.05. The van der Waals surface area contributed by atoms with Crippen molar-refractivity contribution in [2.45, 2.75) is 31.6 Å². The lowest BCUT2D eigenvalue weighted by molar-refractivity contribution is -0.103. The van der Waals surface area contributed by atoms with E-state index in [-0.39, 0.29) is 12.2 Å². The van der Waals surface area contributed by atoms with Crippen LogP contribution in [-0.4, -0.2) is 39.0 Å². The molecule has 0 amide bonds. The number of likely N-dealkylation sites (N-methyl/N-ethyl adjacent to an activating group) is 1. The fourth-order valence-corrected chi connectivity index (χ4v) is 2.22. The van der Waals surface area contributed by atoms with Gasteiger partial charge in [-0.1, -0.05) is 0 Å². The maximum atomic E-state index is 5.93. The molecule has 1 aliphatic rings. The van der Waals surface area contributed by atoms with Gasteiger partial charge in [-0.15, -0.1) is 0 Å². The SMILES string of the molecule is CCOC1C(NC)CC1Oc1ccc(OC)cc1. The lowest BCUT2D eigenvalue weighted by Gasteiger charge is -2.43. The van der Waals surface area contributed by atoms with E-state index in [1.54, 1.807) is 7.11 Å². The molecule has 0 spiro atoms. The van der Waals surface area contributed by atoms with Gasteiger partial charge < -0.3 is 19.5 Å². The summed E-state index contributed by atoms with van der Waals surface area (Å²) in [6.07, 6.45) is 1.26. The Hall–Kier alpha value is -1.26. The van der Waals surface area contributed by atoms with Gasteiger partial charge in [0.05, 0.1) is 7.11 Å². The van der Waals surface area contributed by atoms with E-state index in [1.165, 1.54) is 0 Å². The molecule has 1 aromatic carbocycles. The lowest BCUT2D eigenvalue weighted by Crippen LogP contribution is -2.60. The summed E-state index contributed by atoms with van der Waals surface area (Å²) in [5.74, 6) is 1.70. The quantitative estimate of drug-likeness (QED) is 0.837. The van der Waals surface area contributed by atoms with E-state index in [0.29, 0.717) is 12.6 Å². The number of benzene rings is 1. The molecule has 2 rings (SSSR count). The molecule has 18 heavy (non-hydrogen) atoms. The Morgan fingerprint density at radius 3 is 2.44 bits per heavy atom. The van der Waals surface area contributed by atoms with Gasteiger partial charge in [-0.2, -0.15) is 0 Å². The van der Waals surface area contributed by atoms with Crippen molar-refractivity contribution < 1.29 is 14.2 Å². The van der Waals surface area contributed by atoms with E-state index in [0.717, 1.165) is 17.9 Å². The summed E-state index contributed by atoms with van der Waals surface area (Å²) < 4.78 is 16.7. The van der Waals surface area contributed by atoms with E-state index in [1.807, 2.05) is 38.2 Å². The maximum absolute atomic E-state index is 5.93. The Morgan fingerprint density at radius 1 is 1.22 bits per heavy atom. The molecule has 1 aliphatic carbocycles. The zero-order chi connectivity index (χ0) is 13.0. The third-order valence-corrected chi connectivity index (χ3v) is 3.33. The normalized spacial score (nSPS) is 26.5. The van der Waals surface area contributed by atoms with Crippen LogP contribution in [0.5, 0.6) is 11.5 Å². The highest BCUT2D eigenvalue weighted by molar-refractivity contribution is 5.31. The Bertz CT molecular complexity index is 366. The smallest absolute Gasteiger partial charge is 0.128 e. The number of hydrogen-bond acceptors (Lipinski definition) is 4. The number of rotatable bonds is 6. The molecule has 3 unspecified atom stereocenters. The highest BCUT2D eigenvalue weighted by Gasteiger charge is 2.42. The Morgan fingerprint density at radius 2 is 1.89 bits per heavy atom. The zero-order valence-electron chi connectivity index (χ0n) is 11.2. The second-order valence-corrected chi connectivity index (χ2v) is 4.38. The minimum Gasteiger partial charge on any atom is -0.497 e. The van der Waals surface area contributed by atoms with Crippen LogP contribution < -0.4 is 14.8 Å². The molecule has 1 N–H and O–H groups in total. The average Bonchev–Trinajstić information content (AvgIpc) is 2.41. The Balaban J connectivity index is 1.92. The monoisotopic (exact) mass is 251 g/mol. The lowest BCUT2D eigenvalue weighted by atomic mass is 9.85. The average molecular weight is 251 g/mol. The Labute approximate surface area is 108 Å². The largest absolute Gasteiger partial charge is 0.497 e. The minimum absolute atomic E-state index is 0.135. The molecule has 0 aliphatic heterocycles. The highest BCUT2D eigenvalue weighted by Crippen LogP contribution is 2.29. The van der Waals surface area contributed by atoms with Crippen LogP contribution in [0, 0.1) is 0 Å². The van der Waals surface area contributed by atoms with Gasteiger partial charge >= 0.3 is 0 Å². The predicted octanol–water partition coefficient (Wildman–Crippen LogP) is 1.84. The van der Waals surface area contributed by atoms with E-state index >= 15 is 0 Å². The molecule has 1 fully saturated rings. The summed E-state index contributed by atoms with van der Waals surface area (Å²) >= 11 is 0. The summed E-state index contributed by atoms with van der Waals surface area (Å²) in [6.45, 7) is 2.72. The zero-order valence-corrected chi connectivity index (χ0v) is 11.2. The summed E-state index contributed by atoms with van der Waals surface area (Å²) in [7, 11) is 3.62. The molecule has 0 radical (unpaired) electrons. The van der Waals surface area contributed by atoms with Crippen LogP contribution >= 0.6 is 0 Å². The predicted molar refractivity (Wildman–Crippen MR) is 70.3 cm³/mol. The standard InChI is InChI=1S/C14H21NO3/c1-4-17-14-12(15-2)9-13(14)18-11-7-5-10(16-3)6-8-11/h5-8,12-15H,4,9H2,1-3H3. The van der Waals surface area contributed by atoms with Crippen LogP contribution in [0.1, 0.15) is 13.3 Å². The molecule has 0 saturated heterocycles. The molecule has 100 valence electrons. The summed E-state index contributed by atoms with van der Waals surface area (Å²) in [5, 5.41) is 3.25. The maximum Gasteiger partial charge on any atom is 0.128 e. The molecule has 1 saturated carbocycles. The molecule has 4 nitrogen and oxygen atoms in total. The van der Waals surface area contributed by atoms with Crippen molar-refractivity contribution in [1.82, 2.24) is 5.32 Å². The van der Waals surface area contributed by atoms with Gasteiger partial charge in [0.2, 0.25) is 0 Å². The van der Waals surface area contributed by atoms with Gasteiger partial charge in [-0.25, -0.2) is 0 Å². The third-order valence-electron chi connectivity index (χ3n) is 3.33. The van der Waals surface area contributed by atoms with Crippen LogP contribution in [0.2, 0.25) is 0 Å². The fraction of sp³-hybridized carbons (Fsp3) is 0.571. The molecule has 0 bridgehead atoms.